The van der Waals surface area contributed by atoms with Crippen LogP contribution in [0.4, 0.5) is 8.78 Å². The van der Waals surface area contributed by atoms with Gasteiger partial charge in [0.15, 0.2) is 0 Å². The van der Waals surface area contributed by atoms with Crippen LogP contribution in [0, 0.1) is 0 Å². The van der Waals surface area contributed by atoms with Gasteiger partial charge < -0.3 is 10.1 Å². The molecule has 20 heavy (non-hydrogen) atoms. The molecule has 0 saturated heterocycles. The van der Waals surface area contributed by atoms with E-state index in [0.29, 0.717) is 6.54 Å². The van der Waals surface area contributed by atoms with Gasteiger partial charge in [0.1, 0.15) is 12.1 Å². The van der Waals surface area contributed by atoms with Crippen molar-refractivity contribution in [2.24, 2.45) is 0 Å². The van der Waals surface area contributed by atoms with Gasteiger partial charge in [-0.25, -0.2) is 9.97 Å². The highest BCUT2D eigenvalue weighted by molar-refractivity contribution is 5.29. The minimum Gasteiger partial charge on any atom is -0.435 e. The molecule has 0 aliphatic heterocycles. The van der Waals surface area contributed by atoms with E-state index in [0.717, 1.165) is 11.3 Å². The van der Waals surface area contributed by atoms with Crippen LogP contribution >= 0.6 is 0 Å². The zero-order valence-electron chi connectivity index (χ0n) is 11.0. The molecule has 0 amide bonds. The van der Waals surface area contributed by atoms with Crippen molar-refractivity contribution in [1.82, 2.24) is 15.3 Å². The molecule has 2 rings (SSSR count). The van der Waals surface area contributed by atoms with Crippen LogP contribution in [0.3, 0.4) is 0 Å². The van der Waals surface area contributed by atoms with Crippen LogP contribution in [0.5, 0.6) is 5.75 Å². The largest absolute Gasteiger partial charge is 0.435 e. The van der Waals surface area contributed by atoms with Gasteiger partial charge in [0.2, 0.25) is 0 Å². The predicted octanol–water partition coefficient (Wildman–Crippen LogP) is 2.93. The third kappa shape index (κ3) is 4.24. The molecule has 0 saturated carbocycles. The predicted molar refractivity (Wildman–Crippen MR) is 70.4 cm³/mol. The number of ether oxygens (including phenoxy) is 1. The Morgan fingerprint density at radius 3 is 2.55 bits per heavy atom. The lowest BCUT2D eigenvalue weighted by Gasteiger charge is -2.14. The molecule has 1 aromatic carbocycles. The molecule has 0 aliphatic carbocycles. The fourth-order valence-corrected chi connectivity index (χ4v) is 1.74. The maximum Gasteiger partial charge on any atom is 0.387 e. The Kier molecular flexibility index (Phi) is 4.95. The molecular formula is C14H15F2N3O. The molecular weight excluding hydrogens is 264 g/mol. The van der Waals surface area contributed by atoms with Crippen LogP contribution in [0.1, 0.15) is 24.2 Å². The summed E-state index contributed by atoms with van der Waals surface area (Å²) in [6, 6.07) is 8.49. The lowest BCUT2D eigenvalue weighted by Crippen LogP contribution is -2.18. The summed E-state index contributed by atoms with van der Waals surface area (Å²) in [5.41, 5.74) is 1.88. The molecule has 0 radical (unpaired) electrons. The van der Waals surface area contributed by atoms with E-state index >= 15 is 0 Å². The first-order chi connectivity index (χ1) is 9.65. The SMILES string of the molecule is CC(NCc1ccncn1)c1ccc(OC(F)F)cc1. The Hall–Kier alpha value is -2.08. The van der Waals surface area contributed by atoms with Crippen molar-refractivity contribution in [3.63, 3.8) is 0 Å². The third-order valence-corrected chi connectivity index (χ3v) is 2.84. The minimum atomic E-state index is -2.80. The molecule has 0 fully saturated rings. The second kappa shape index (κ2) is 6.91. The number of alkyl halides is 2. The van der Waals surface area contributed by atoms with Gasteiger partial charge in [0.25, 0.3) is 0 Å². The zero-order chi connectivity index (χ0) is 14.4. The highest BCUT2D eigenvalue weighted by atomic mass is 19.3. The first-order valence-corrected chi connectivity index (χ1v) is 6.18. The standard InChI is InChI=1S/C14H15F2N3O/c1-10(18-8-12-6-7-17-9-19-12)11-2-4-13(5-3-11)20-14(15)16/h2-7,9-10,14,18H,8H2,1H3. The maximum absolute atomic E-state index is 12.0. The third-order valence-electron chi connectivity index (χ3n) is 2.84. The molecule has 1 heterocycles. The van der Waals surface area contributed by atoms with Gasteiger partial charge in [-0.3, -0.25) is 0 Å². The second-order valence-corrected chi connectivity index (χ2v) is 4.25. The van der Waals surface area contributed by atoms with Gasteiger partial charge in [-0.15, -0.1) is 0 Å². The molecule has 1 N–H and O–H groups in total. The Labute approximate surface area is 115 Å². The molecule has 1 aromatic heterocycles. The number of nitrogens with one attached hydrogen (secondary N) is 1. The number of rotatable bonds is 6. The van der Waals surface area contributed by atoms with Gasteiger partial charge in [0, 0.05) is 18.8 Å². The Morgan fingerprint density at radius 1 is 1.20 bits per heavy atom. The second-order valence-electron chi connectivity index (χ2n) is 4.25. The number of aromatic nitrogens is 2. The molecule has 0 aliphatic rings. The first-order valence-electron chi connectivity index (χ1n) is 6.18. The summed E-state index contributed by atoms with van der Waals surface area (Å²) in [6.07, 6.45) is 3.18. The summed E-state index contributed by atoms with van der Waals surface area (Å²) in [5.74, 6) is 0.159. The van der Waals surface area contributed by atoms with Crippen LogP contribution in [0.2, 0.25) is 0 Å². The van der Waals surface area contributed by atoms with E-state index in [1.54, 1.807) is 18.3 Å². The lowest BCUT2D eigenvalue weighted by atomic mass is 10.1. The van der Waals surface area contributed by atoms with E-state index < -0.39 is 6.61 Å². The van der Waals surface area contributed by atoms with Crippen molar-refractivity contribution in [2.75, 3.05) is 0 Å². The van der Waals surface area contributed by atoms with E-state index in [2.05, 4.69) is 20.0 Å². The Morgan fingerprint density at radius 2 is 1.95 bits per heavy atom. The highest BCUT2D eigenvalue weighted by Gasteiger charge is 2.07. The highest BCUT2D eigenvalue weighted by Crippen LogP contribution is 2.19. The van der Waals surface area contributed by atoms with Gasteiger partial charge in [-0.05, 0) is 30.7 Å². The monoisotopic (exact) mass is 279 g/mol. The molecule has 4 nitrogen and oxygen atoms in total. The normalized spacial score (nSPS) is 12.4. The van der Waals surface area contributed by atoms with E-state index in [9.17, 15) is 8.78 Å². The fourth-order valence-electron chi connectivity index (χ4n) is 1.74. The molecule has 0 bridgehead atoms. The van der Waals surface area contributed by atoms with E-state index in [1.165, 1.54) is 18.5 Å². The van der Waals surface area contributed by atoms with Gasteiger partial charge in [-0.1, -0.05) is 12.1 Å². The van der Waals surface area contributed by atoms with Crippen LogP contribution < -0.4 is 10.1 Å². The van der Waals surface area contributed by atoms with Crippen LogP contribution in [0.25, 0.3) is 0 Å². The van der Waals surface area contributed by atoms with Crippen molar-refractivity contribution in [2.45, 2.75) is 26.1 Å². The molecule has 6 heteroatoms. The molecule has 0 spiro atoms. The summed E-state index contributed by atoms with van der Waals surface area (Å²) in [7, 11) is 0. The number of halogens is 2. The summed E-state index contributed by atoms with van der Waals surface area (Å²) in [4.78, 5) is 7.96. The van der Waals surface area contributed by atoms with E-state index in [-0.39, 0.29) is 11.8 Å². The summed E-state index contributed by atoms with van der Waals surface area (Å²) < 4.78 is 28.4. The topological polar surface area (TPSA) is 47.0 Å². The van der Waals surface area contributed by atoms with Crippen molar-refractivity contribution < 1.29 is 13.5 Å². The van der Waals surface area contributed by atoms with Crippen LogP contribution in [-0.4, -0.2) is 16.6 Å². The van der Waals surface area contributed by atoms with Crippen molar-refractivity contribution in [3.05, 3.63) is 54.1 Å². The van der Waals surface area contributed by atoms with Crippen molar-refractivity contribution in [3.8, 4) is 5.75 Å². The summed E-state index contributed by atoms with van der Waals surface area (Å²) in [6.45, 7) is -0.197. The number of benzene rings is 1. The van der Waals surface area contributed by atoms with E-state index in [1.807, 2.05) is 13.0 Å². The van der Waals surface area contributed by atoms with Gasteiger partial charge >= 0.3 is 6.61 Å². The maximum atomic E-state index is 12.0. The fraction of sp³-hybridized carbons (Fsp3) is 0.286. The molecule has 1 atom stereocenters. The number of nitrogens with zero attached hydrogens (tertiary/aromatic N) is 2. The quantitative estimate of drug-likeness (QED) is 0.883. The van der Waals surface area contributed by atoms with Crippen molar-refractivity contribution in [1.29, 1.82) is 0 Å². The van der Waals surface area contributed by atoms with Crippen molar-refractivity contribution >= 4 is 0 Å². The minimum absolute atomic E-state index is 0.0746. The number of hydrogen-bond acceptors (Lipinski definition) is 4. The van der Waals surface area contributed by atoms with Gasteiger partial charge in [-0.2, -0.15) is 8.78 Å². The van der Waals surface area contributed by atoms with Gasteiger partial charge in [0.05, 0.1) is 5.69 Å². The smallest absolute Gasteiger partial charge is 0.387 e. The average molecular weight is 279 g/mol. The first kappa shape index (κ1) is 14.3. The zero-order valence-corrected chi connectivity index (χ0v) is 11.0. The van der Waals surface area contributed by atoms with Crippen LogP contribution in [0.15, 0.2) is 42.9 Å². The molecule has 106 valence electrons. The molecule has 1 unspecified atom stereocenters. The summed E-state index contributed by atoms with van der Waals surface area (Å²) >= 11 is 0. The average Bonchev–Trinajstić information content (AvgIpc) is 2.46. The molecule has 2 aromatic rings. The summed E-state index contributed by atoms with van der Waals surface area (Å²) in [5, 5.41) is 3.30. The van der Waals surface area contributed by atoms with Crippen LogP contribution in [-0.2, 0) is 6.54 Å². The number of hydrogen-bond donors (Lipinski definition) is 1. The van der Waals surface area contributed by atoms with E-state index in [4.69, 9.17) is 0 Å². The Balaban J connectivity index is 1.90. The Bertz CT molecular complexity index is 520. The lowest BCUT2D eigenvalue weighted by molar-refractivity contribution is -0.0498.